The van der Waals surface area contributed by atoms with Gasteiger partial charge in [-0.2, -0.15) is 5.10 Å². The van der Waals surface area contributed by atoms with E-state index in [2.05, 4.69) is 68.6 Å². The highest BCUT2D eigenvalue weighted by atomic mass is 32.1. The molecule has 178 valence electrons. The average molecular weight is 472 g/mol. The van der Waals surface area contributed by atoms with Gasteiger partial charge < -0.3 is 0 Å². The second kappa shape index (κ2) is 10.9. The minimum Gasteiger partial charge on any atom is -0.217 e. The van der Waals surface area contributed by atoms with Crippen LogP contribution in [0, 0.1) is 5.92 Å². The van der Waals surface area contributed by atoms with Gasteiger partial charge in [0.05, 0.1) is 11.9 Å². The predicted molar refractivity (Wildman–Crippen MR) is 145 cm³/mol. The van der Waals surface area contributed by atoms with Gasteiger partial charge in [0.25, 0.3) is 0 Å². The lowest BCUT2D eigenvalue weighted by atomic mass is 9.77. The van der Waals surface area contributed by atoms with Crippen molar-refractivity contribution in [1.29, 1.82) is 0 Å². The first-order valence-electron chi connectivity index (χ1n) is 13.3. The van der Waals surface area contributed by atoms with Crippen LogP contribution in [0.5, 0.6) is 0 Å². The third-order valence-electron chi connectivity index (χ3n) is 7.55. The molecule has 3 nitrogen and oxygen atoms in total. The first-order chi connectivity index (χ1) is 16.7. The molecule has 0 aliphatic heterocycles. The van der Waals surface area contributed by atoms with Gasteiger partial charge in [-0.1, -0.05) is 99.4 Å². The minimum atomic E-state index is 0.733. The Bertz CT molecular complexity index is 1150. The molecule has 4 aromatic rings. The predicted octanol–water partition coefficient (Wildman–Crippen LogP) is 8.93. The number of benzene rings is 2. The standard InChI is InChI=1S/C30H37N3S/c1-3-5-7-22-9-13-24(14-10-22)25-17-19-27(20-18-25)29-32-33-21-28(31-30(33)34-29)26-15-11-23(12-16-26)8-6-4-2/h11-12,15-22,24H,3-10,13-14H2,1-2H3. The van der Waals surface area contributed by atoms with E-state index < -0.39 is 0 Å². The Labute approximate surface area is 208 Å². The lowest BCUT2D eigenvalue weighted by Gasteiger charge is -2.28. The topological polar surface area (TPSA) is 30.2 Å². The zero-order valence-corrected chi connectivity index (χ0v) is 21.5. The first kappa shape index (κ1) is 23.3. The molecular formula is C30H37N3S. The summed E-state index contributed by atoms with van der Waals surface area (Å²) >= 11 is 1.67. The maximum absolute atomic E-state index is 4.86. The largest absolute Gasteiger partial charge is 0.217 e. The maximum Gasteiger partial charge on any atom is 0.213 e. The van der Waals surface area contributed by atoms with Crippen molar-refractivity contribution in [2.45, 2.75) is 84.0 Å². The highest BCUT2D eigenvalue weighted by molar-refractivity contribution is 7.19. The summed E-state index contributed by atoms with van der Waals surface area (Å²) in [6, 6.07) is 18.0. The van der Waals surface area contributed by atoms with E-state index in [0.29, 0.717) is 0 Å². The van der Waals surface area contributed by atoms with E-state index in [-0.39, 0.29) is 0 Å². The second-order valence-corrected chi connectivity index (χ2v) is 11.0. The van der Waals surface area contributed by atoms with Gasteiger partial charge in [0, 0.05) is 11.1 Å². The van der Waals surface area contributed by atoms with Gasteiger partial charge in [-0.05, 0) is 61.5 Å². The van der Waals surface area contributed by atoms with Crippen LogP contribution in [0.1, 0.15) is 88.7 Å². The van der Waals surface area contributed by atoms with Gasteiger partial charge in [0.1, 0.15) is 5.01 Å². The van der Waals surface area contributed by atoms with Crippen LogP contribution >= 0.6 is 11.3 Å². The normalized spacial score (nSPS) is 18.5. The van der Waals surface area contributed by atoms with E-state index >= 15 is 0 Å². The zero-order chi connectivity index (χ0) is 23.3. The van der Waals surface area contributed by atoms with Crippen LogP contribution in [0.2, 0.25) is 0 Å². The summed E-state index contributed by atoms with van der Waals surface area (Å²) in [5, 5.41) is 5.88. The molecule has 0 bridgehead atoms. The molecule has 5 rings (SSSR count). The zero-order valence-electron chi connectivity index (χ0n) is 20.7. The van der Waals surface area contributed by atoms with Gasteiger partial charge in [-0.25, -0.2) is 9.50 Å². The van der Waals surface area contributed by atoms with Crippen LogP contribution in [-0.2, 0) is 6.42 Å². The number of hydrogen-bond donors (Lipinski definition) is 0. The van der Waals surface area contributed by atoms with Crippen molar-refractivity contribution in [3.05, 3.63) is 65.9 Å². The summed E-state index contributed by atoms with van der Waals surface area (Å²) in [7, 11) is 0. The molecule has 0 atom stereocenters. The van der Waals surface area contributed by atoms with Crippen molar-refractivity contribution < 1.29 is 0 Å². The smallest absolute Gasteiger partial charge is 0.213 e. The molecule has 0 unspecified atom stereocenters. The Morgan fingerprint density at radius 1 is 0.853 bits per heavy atom. The third-order valence-corrected chi connectivity index (χ3v) is 8.53. The Kier molecular flexibility index (Phi) is 7.44. The Balaban J connectivity index is 1.24. The summed E-state index contributed by atoms with van der Waals surface area (Å²) in [6.07, 6.45) is 15.3. The van der Waals surface area contributed by atoms with Crippen LogP contribution in [0.3, 0.4) is 0 Å². The lowest BCUT2D eigenvalue weighted by Crippen LogP contribution is -2.13. The Morgan fingerprint density at radius 2 is 1.56 bits per heavy atom. The van der Waals surface area contributed by atoms with Gasteiger partial charge in [-0.3, -0.25) is 0 Å². The maximum atomic E-state index is 4.86. The number of fused-ring (bicyclic) bond motifs is 1. The van der Waals surface area contributed by atoms with Crippen molar-refractivity contribution in [3.63, 3.8) is 0 Å². The number of aryl methyl sites for hydroxylation is 1. The molecule has 1 aliphatic carbocycles. The molecule has 0 saturated heterocycles. The number of rotatable bonds is 9. The van der Waals surface area contributed by atoms with Crippen LogP contribution in [-0.4, -0.2) is 14.6 Å². The Hall–Kier alpha value is -2.46. The fraction of sp³-hybridized carbons (Fsp3) is 0.467. The van der Waals surface area contributed by atoms with Crippen molar-refractivity contribution in [1.82, 2.24) is 14.6 Å². The number of unbranched alkanes of at least 4 members (excludes halogenated alkanes) is 2. The molecule has 4 heteroatoms. The van der Waals surface area contributed by atoms with E-state index in [1.54, 1.807) is 11.3 Å². The van der Waals surface area contributed by atoms with E-state index in [0.717, 1.165) is 39.5 Å². The third kappa shape index (κ3) is 5.27. The van der Waals surface area contributed by atoms with E-state index in [9.17, 15) is 0 Å². The monoisotopic (exact) mass is 471 g/mol. The molecule has 34 heavy (non-hydrogen) atoms. The van der Waals surface area contributed by atoms with Crippen molar-refractivity contribution in [2.24, 2.45) is 5.92 Å². The lowest BCUT2D eigenvalue weighted by molar-refractivity contribution is 0.304. The summed E-state index contributed by atoms with van der Waals surface area (Å²) in [5.41, 5.74) is 6.26. The molecule has 0 spiro atoms. The number of imidazole rings is 1. The van der Waals surface area contributed by atoms with E-state index in [1.165, 1.54) is 74.5 Å². The molecule has 1 saturated carbocycles. The highest BCUT2D eigenvalue weighted by Gasteiger charge is 2.22. The molecule has 0 amide bonds. The number of aromatic nitrogens is 3. The number of nitrogens with zero attached hydrogens (tertiary/aromatic N) is 3. The highest BCUT2D eigenvalue weighted by Crippen LogP contribution is 2.38. The van der Waals surface area contributed by atoms with E-state index in [1.807, 2.05) is 4.52 Å². The van der Waals surface area contributed by atoms with Crippen LogP contribution in [0.15, 0.2) is 54.7 Å². The van der Waals surface area contributed by atoms with Gasteiger partial charge in [0.2, 0.25) is 4.96 Å². The van der Waals surface area contributed by atoms with Crippen LogP contribution < -0.4 is 0 Å². The SMILES string of the molecule is CCCCc1ccc(-c2cn3nc(-c4ccc(C5CCC(CCCC)CC5)cc4)sc3n2)cc1. The minimum absolute atomic E-state index is 0.733. The molecule has 1 fully saturated rings. The number of hydrogen-bond acceptors (Lipinski definition) is 3. The molecule has 1 aliphatic rings. The summed E-state index contributed by atoms with van der Waals surface area (Å²) in [5.74, 6) is 1.70. The van der Waals surface area contributed by atoms with Crippen LogP contribution in [0.4, 0.5) is 0 Å². The molecule has 0 radical (unpaired) electrons. The van der Waals surface area contributed by atoms with Crippen LogP contribution in [0.25, 0.3) is 26.8 Å². The molecule has 0 N–H and O–H groups in total. The van der Waals surface area contributed by atoms with Crippen molar-refractivity contribution in [3.8, 4) is 21.8 Å². The molecule has 2 aromatic carbocycles. The fourth-order valence-electron chi connectivity index (χ4n) is 5.35. The first-order valence-corrected chi connectivity index (χ1v) is 14.1. The molecule has 2 aromatic heterocycles. The second-order valence-electron chi connectivity index (χ2n) is 10.0. The molecular weight excluding hydrogens is 434 g/mol. The molecule has 2 heterocycles. The van der Waals surface area contributed by atoms with Crippen molar-refractivity contribution >= 4 is 16.3 Å². The van der Waals surface area contributed by atoms with Gasteiger partial charge in [-0.15, -0.1) is 0 Å². The fourth-order valence-corrected chi connectivity index (χ4v) is 6.24. The Morgan fingerprint density at radius 3 is 2.24 bits per heavy atom. The summed E-state index contributed by atoms with van der Waals surface area (Å²) < 4.78 is 1.94. The van der Waals surface area contributed by atoms with E-state index in [4.69, 9.17) is 10.1 Å². The average Bonchev–Trinajstić information content (AvgIpc) is 3.47. The quantitative estimate of drug-likeness (QED) is 0.244. The van der Waals surface area contributed by atoms with Gasteiger partial charge >= 0.3 is 0 Å². The summed E-state index contributed by atoms with van der Waals surface area (Å²) in [4.78, 5) is 5.81. The van der Waals surface area contributed by atoms with Crippen molar-refractivity contribution in [2.75, 3.05) is 0 Å². The van der Waals surface area contributed by atoms with Gasteiger partial charge in [0.15, 0.2) is 0 Å². The summed E-state index contributed by atoms with van der Waals surface area (Å²) in [6.45, 7) is 4.54.